The van der Waals surface area contributed by atoms with E-state index < -0.39 is 10.0 Å². The van der Waals surface area contributed by atoms with Gasteiger partial charge < -0.3 is 4.79 Å². The maximum Gasteiger partial charge on any atom is 0.243 e. The number of aldehydes is 1. The van der Waals surface area contributed by atoms with Crippen LogP contribution in [-0.4, -0.2) is 37.9 Å². The van der Waals surface area contributed by atoms with Crippen molar-refractivity contribution in [3.8, 4) is 0 Å². The number of Topliss-reactive ketones (excluding diaryl/α,β-unsaturated/α-hetero) is 1. The van der Waals surface area contributed by atoms with Crippen molar-refractivity contribution in [2.75, 3.05) is 13.1 Å². The average molecular weight is 295 g/mol. The predicted molar refractivity (Wildman–Crippen MR) is 74.0 cm³/mol. The molecule has 20 heavy (non-hydrogen) atoms. The van der Waals surface area contributed by atoms with Gasteiger partial charge in [0.05, 0.1) is 4.90 Å². The second kappa shape index (κ2) is 5.85. The molecule has 0 aliphatic carbocycles. The lowest BCUT2D eigenvalue weighted by Gasteiger charge is -2.29. The second-order valence-corrected chi connectivity index (χ2v) is 6.92. The lowest BCUT2D eigenvalue weighted by molar-refractivity contribution is -0.112. The Hall–Kier alpha value is -1.53. The SMILES string of the molecule is CC(=O)c1cccc(S(=O)(=O)N2CCCC(C=O)C2)c1. The van der Waals surface area contributed by atoms with E-state index in [1.165, 1.54) is 23.4 Å². The van der Waals surface area contributed by atoms with E-state index in [9.17, 15) is 18.0 Å². The van der Waals surface area contributed by atoms with Crippen LogP contribution in [0.1, 0.15) is 30.1 Å². The summed E-state index contributed by atoms with van der Waals surface area (Å²) in [6.07, 6.45) is 2.21. The van der Waals surface area contributed by atoms with Crippen LogP contribution >= 0.6 is 0 Å². The van der Waals surface area contributed by atoms with E-state index in [0.717, 1.165) is 12.7 Å². The molecule has 0 saturated carbocycles. The molecule has 1 atom stereocenters. The van der Waals surface area contributed by atoms with Gasteiger partial charge >= 0.3 is 0 Å². The van der Waals surface area contributed by atoms with Gasteiger partial charge in [-0.15, -0.1) is 0 Å². The number of sulfonamides is 1. The third-order valence-electron chi connectivity index (χ3n) is 3.49. The van der Waals surface area contributed by atoms with E-state index in [0.29, 0.717) is 18.5 Å². The summed E-state index contributed by atoms with van der Waals surface area (Å²) in [5.74, 6) is -0.416. The van der Waals surface area contributed by atoms with Gasteiger partial charge in [0, 0.05) is 24.6 Å². The number of carbonyl (C=O) groups is 2. The number of ketones is 1. The van der Waals surface area contributed by atoms with Crippen LogP contribution in [0.3, 0.4) is 0 Å². The summed E-state index contributed by atoms with van der Waals surface area (Å²) in [6.45, 7) is 2.03. The summed E-state index contributed by atoms with van der Waals surface area (Å²) in [7, 11) is -3.64. The van der Waals surface area contributed by atoms with E-state index in [2.05, 4.69) is 0 Å². The van der Waals surface area contributed by atoms with Crippen LogP contribution in [0, 0.1) is 5.92 Å². The van der Waals surface area contributed by atoms with E-state index in [1.807, 2.05) is 0 Å². The van der Waals surface area contributed by atoms with Crippen molar-refractivity contribution < 1.29 is 18.0 Å². The van der Waals surface area contributed by atoms with Crippen LogP contribution in [0.4, 0.5) is 0 Å². The molecule has 108 valence electrons. The maximum atomic E-state index is 12.5. The molecule has 1 unspecified atom stereocenters. The summed E-state index contributed by atoms with van der Waals surface area (Å²) >= 11 is 0. The standard InChI is InChI=1S/C14H17NO4S/c1-11(17)13-5-2-6-14(8-13)20(18,19)15-7-3-4-12(9-15)10-16/h2,5-6,8,10,12H,3-4,7,9H2,1H3. The fourth-order valence-electron chi connectivity index (χ4n) is 2.33. The van der Waals surface area contributed by atoms with Gasteiger partial charge in [0.25, 0.3) is 0 Å². The molecule has 1 aromatic rings. The molecular formula is C14H17NO4S. The first-order valence-electron chi connectivity index (χ1n) is 6.51. The molecule has 0 amide bonds. The number of benzene rings is 1. The molecule has 0 radical (unpaired) electrons. The third kappa shape index (κ3) is 2.96. The van der Waals surface area contributed by atoms with Crippen LogP contribution in [-0.2, 0) is 14.8 Å². The molecule has 0 bridgehead atoms. The molecule has 2 rings (SSSR count). The highest BCUT2D eigenvalue weighted by Crippen LogP contribution is 2.23. The zero-order valence-electron chi connectivity index (χ0n) is 11.3. The minimum absolute atomic E-state index is 0.108. The molecule has 0 aromatic heterocycles. The van der Waals surface area contributed by atoms with Crippen LogP contribution in [0.5, 0.6) is 0 Å². The zero-order valence-corrected chi connectivity index (χ0v) is 12.1. The maximum absolute atomic E-state index is 12.5. The van der Waals surface area contributed by atoms with Crippen molar-refractivity contribution in [3.05, 3.63) is 29.8 Å². The highest BCUT2D eigenvalue weighted by atomic mass is 32.2. The number of hydrogen-bond donors (Lipinski definition) is 0. The Balaban J connectivity index is 2.32. The lowest BCUT2D eigenvalue weighted by Crippen LogP contribution is -2.40. The minimum atomic E-state index is -3.64. The molecule has 1 fully saturated rings. The van der Waals surface area contributed by atoms with Crippen molar-refractivity contribution >= 4 is 22.1 Å². The Morgan fingerprint density at radius 3 is 2.80 bits per heavy atom. The molecule has 1 aromatic carbocycles. The topological polar surface area (TPSA) is 71.5 Å². The minimum Gasteiger partial charge on any atom is -0.303 e. The summed E-state index contributed by atoms with van der Waals surface area (Å²) in [6, 6.07) is 6.02. The Morgan fingerprint density at radius 1 is 1.40 bits per heavy atom. The van der Waals surface area contributed by atoms with Crippen LogP contribution in [0.15, 0.2) is 29.2 Å². The van der Waals surface area contributed by atoms with Crippen molar-refractivity contribution in [3.63, 3.8) is 0 Å². The number of nitrogens with zero attached hydrogens (tertiary/aromatic N) is 1. The molecule has 0 spiro atoms. The quantitative estimate of drug-likeness (QED) is 0.623. The fourth-order valence-corrected chi connectivity index (χ4v) is 3.91. The zero-order chi connectivity index (χ0) is 14.8. The van der Waals surface area contributed by atoms with Crippen LogP contribution < -0.4 is 0 Å². The van der Waals surface area contributed by atoms with Crippen molar-refractivity contribution in [1.29, 1.82) is 0 Å². The molecule has 6 heteroatoms. The van der Waals surface area contributed by atoms with E-state index in [-0.39, 0.29) is 23.1 Å². The first kappa shape index (κ1) is 14.9. The van der Waals surface area contributed by atoms with Gasteiger partial charge in [-0.3, -0.25) is 4.79 Å². The fraction of sp³-hybridized carbons (Fsp3) is 0.429. The van der Waals surface area contributed by atoms with Crippen LogP contribution in [0.2, 0.25) is 0 Å². The van der Waals surface area contributed by atoms with Crippen molar-refractivity contribution in [2.24, 2.45) is 5.92 Å². The van der Waals surface area contributed by atoms with Gasteiger partial charge in [0.2, 0.25) is 10.0 Å². The van der Waals surface area contributed by atoms with Crippen molar-refractivity contribution in [2.45, 2.75) is 24.7 Å². The van der Waals surface area contributed by atoms with E-state index >= 15 is 0 Å². The Morgan fingerprint density at radius 2 is 2.15 bits per heavy atom. The number of rotatable bonds is 4. The Labute approximate surface area is 118 Å². The second-order valence-electron chi connectivity index (χ2n) is 4.99. The highest BCUT2D eigenvalue weighted by molar-refractivity contribution is 7.89. The summed E-state index contributed by atoms with van der Waals surface area (Å²) in [5.41, 5.74) is 0.370. The summed E-state index contributed by atoms with van der Waals surface area (Å²) in [4.78, 5) is 22.3. The lowest BCUT2D eigenvalue weighted by atomic mass is 10.0. The molecule has 1 heterocycles. The molecule has 5 nitrogen and oxygen atoms in total. The van der Waals surface area contributed by atoms with Gasteiger partial charge in [0.1, 0.15) is 6.29 Å². The third-order valence-corrected chi connectivity index (χ3v) is 5.35. The van der Waals surface area contributed by atoms with E-state index in [1.54, 1.807) is 12.1 Å². The molecule has 1 aliphatic heterocycles. The highest BCUT2D eigenvalue weighted by Gasteiger charge is 2.30. The summed E-state index contributed by atoms with van der Waals surface area (Å²) < 4.78 is 26.4. The first-order chi connectivity index (χ1) is 9.45. The Kier molecular flexibility index (Phi) is 4.35. The molecule has 1 saturated heterocycles. The number of piperidine rings is 1. The number of hydrogen-bond acceptors (Lipinski definition) is 4. The monoisotopic (exact) mass is 295 g/mol. The van der Waals surface area contributed by atoms with Crippen LogP contribution in [0.25, 0.3) is 0 Å². The Bertz CT molecular complexity index is 624. The number of carbonyl (C=O) groups excluding carboxylic acids is 2. The van der Waals surface area contributed by atoms with Gasteiger partial charge in [-0.1, -0.05) is 12.1 Å². The van der Waals surface area contributed by atoms with Gasteiger partial charge in [-0.05, 0) is 31.9 Å². The normalized spacial score (nSPS) is 20.6. The van der Waals surface area contributed by atoms with E-state index in [4.69, 9.17) is 0 Å². The predicted octanol–water partition coefficient (Wildman–Crippen LogP) is 1.49. The first-order valence-corrected chi connectivity index (χ1v) is 7.95. The molecule has 0 N–H and O–H groups in total. The van der Waals surface area contributed by atoms with Gasteiger partial charge in [-0.2, -0.15) is 4.31 Å². The smallest absolute Gasteiger partial charge is 0.243 e. The summed E-state index contributed by atoms with van der Waals surface area (Å²) in [5, 5.41) is 0. The van der Waals surface area contributed by atoms with Gasteiger partial charge in [-0.25, -0.2) is 8.42 Å². The largest absolute Gasteiger partial charge is 0.303 e. The van der Waals surface area contributed by atoms with Gasteiger partial charge in [0.15, 0.2) is 5.78 Å². The molecular weight excluding hydrogens is 278 g/mol. The molecule has 1 aliphatic rings. The average Bonchev–Trinajstić information content (AvgIpc) is 2.47. The van der Waals surface area contributed by atoms with Crippen molar-refractivity contribution in [1.82, 2.24) is 4.31 Å².